The highest BCUT2D eigenvalue weighted by molar-refractivity contribution is 7.45. The number of aliphatic hydroxyl groups excluding tert-OH is 1. The van der Waals surface area contributed by atoms with Crippen molar-refractivity contribution < 1.29 is 24.4 Å². The molecule has 80 valence electrons. The lowest BCUT2D eigenvalue weighted by Crippen LogP contribution is -2.17. The van der Waals surface area contributed by atoms with Gasteiger partial charge in [0.05, 0.1) is 6.35 Å². The van der Waals surface area contributed by atoms with Crippen molar-refractivity contribution in [3.63, 3.8) is 0 Å². The van der Waals surface area contributed by atoms with E-state index in [0.717, 1.165) is 12.2 Å². The number of carbonyl (C=O) groups is 2. The lowest BCUT2D eigenvalue weighted by Gasteiger charge is -2.07. The van der Waals surface area contributed by atoms with Crippen LogP contribution in [0, 0.1) is 0 Å². The van der Waals surface area contributed by atoms with Crippen LogP contribution < -0.4 is 5.73 Å². The van der Waals surface area contributed by atoms with Crippen LogP contribution in [0.4, 0.5) is 0 Å². The first-order valence-electron chi connectivity index (χ1n) is 3.80. The molecule has 0 rings (SSSR count). The lowest BCUT2D eigenvalue weighted by atomic mass is 10.2. The zero-order valence-electron chi connectivity index (χ0n) is 7.34. The second-order valence-electron chi connectivity index (χ2n) is 2.60. The SMILES string of the molecule is NC(=O)CC(C=CC(=O)O)[PH](=O)CO. The summed E-state index contributed by atoms with van der Waals surface area (Å²) in [5, 5.41) is 16.9. The van der Waals surface area contributed by atoms with Gasteiger partial charge in [-0.25, -0.2) is 4.79 Å². The van der Waals surface area contributed by atoms with E-state index >= 15 is 0 Å². The smallest absolute Gasteiger partial charge is 0.328 e. The maximum absolute atomic E-state index is 11.1. The molecule has 0 aliphatic rings. The predicted molar refractivity (Wildman–Crippen MR) is 50.5 cm³/mol. The Kier molecular flexibility index (Phi) is 5.83. The van der Waals surface area contributed by atoms with Crippen LogP contribution >= 0.6 is 7.80 Å². The van der Waals surface area contributed by atoms with Crippen LogP contribution in [0.25, 0.3) is 0 Å². The van der Waals surface area contributed by atoms with Gasteiger partial charge in [0.2, 0.25) is 5.91 Å². The Morgan fingerprint density at radius 2 is 2.07 bits per heavy atom. The lowest BCUT2D eigenvalue weighted by molar-refractivity contribution is -0.131. The van der Waals surface area contributed by atoms with Crippen LogP contribution in [0.15, 0.2) is 12.2 Å². The van der Waals surface area contributed by atoms with Crippen molar-refractivity contribution in [3.05, 3.63) is 12.2 Å². The number of carboxylic acids is 1. The van der Waals surface area contributed by atoms with E-state index in [4.69, 9.17) is 15.9 Å². The van der Waals surface area contributed by atoms with Crippen molar-refractivity contribution >= 4 is 19.7 Å². The highest BCUT2D eigenvalue weighted by atomic mass is 31.1. The summed E-state index contributed by atoms with van der Waals surface area (Å²) in [5.74, 6) is -1.89. The number of rotatable bonds is 6. The van der Waals surface area contributed by atoms with Crippen molar-refractivity contribution in [2.45, 2.75) is 12.1 Å². The summed E-state index contributed by atoms with van der Waals surface area (Å²) < 4.78 is 11.1. The predicted octanol–water partition coefficient (Wildman–Crippen LogP) is -0.619. The van der Waals surface area contributed by atoms with E-state index in [2.05, 4.69) is 0 Å². The minimum Gasteiger partial charge on any atom is -0.478 e. The molecule has 0 bridgehead atoms. The van der Waals surface area contributed by atoms with Gasteiger partial charge in [-0.05, 0) is 0 Å². The summed E-state index contributed by atoms with van der Waals surface area (Å²) in [5.41, 5.74) is 4.09. The van der Waals surface area contributed by atoms with Crippen LogP contribution in [0.1, 0.15) is 6.42 Å². The van der Waals surface area contributed by atoms with E-state index in [1.807, 2.05) is 0 Å². The molecule has 0 aromatic carbocycles. The number of nitrogens with two attached hydrogens (primary N) is 1. The van der Waals surface area contributed by atoms with Crippen molar-refractivity contribution in [2.75, 3.05) is 6.35 Å². The number of primary amides is 1. The third-order valence-electron chi connectivity index (χ3n) is 1.46. The quantitative estimate of drug-likeness (QED) is 0.408. The number of carboxylic acid groups (broad SMARTS) is 1. The van der Waals surface area contributed by atoms with Crippen LogP contribution in [0.3, 0.4) is 0 Å². The average Bonchev–Trinajstić information content (AvgIpc) is 2.10. The maximum atomic E-state index is 11.1. The first-order chi connectivity index (χ1) is 6.47. The molecule has 0 aromatic heterocycles. The number of carbonyl (C=O) groups excluding carboxylic acids is 1. The fourth-order valence-corrected chi connectivity index (χ4v) is 1.80. The van der Waals surface area contributed by atoms with E-state index < -0.39 is 31.7 Å². The molecule has 4 N–H and O–H groups in total. The molecular weight excluding hydrogens is 209 g/mol. The zero-order valence-corrected chi connectivity index (χ0v) is 8.34. The van der Waals surface area contributed by atoms with Crippen molar-refractivity contribution in [1.29, 1.82) is 0 Å². The van der Waals surface area contributed by atoms with Gasteiger partial charge in [-0.2, -0.15) is 0 Å². The summed E-state index contributed by atoms with van der Waals surface area (Å²) in [6.07, 6.45) is 1.12. The zero-order chi connectivity index (χ0) is 11.1. The molecular formula is C7H12NO5P. The second-order valence-corrected chi connectivity index (χ2v) is 4.59. The number of aliphatic hydroxyl groups is 1. The van der Waals surface area contributed by atoms with E-state index in [1.165, 1.54) is 0 Å². The fourth-order valence-electron chi connectivity index (χ4n) is 0.822. The van der Waals surface area contributed by atoms with Crippen LogP contribution in [0.2, 0.25) is 0 Å². The monoisotopic (exact) mass is 221 g/mol. The molecule has 2 atom stereocenters. The van der Waals surface area contributed by atoms with Crippen LogP contribution in [-0.2, 0) is 14.2 Å². The van der Waals surface area contributed by atoms with Gasteiger partial charge in [0.25, 0.3) is 0 Å². The Labute approximate surface area is 81.2 Å². The second kappa shape index (κ2) is 6.34. The molecule has 0 saturated heterocycles. The van der Waals surface area contributed by atoms with Gasteiger partial charge in [0.15, 0.2) is 0 Å². The number of allylic oxidation sites excluding steroid dienone is 1. The third kappa shape index (κ3) is 5.50. The fraction of sp³-hybridized carbons (Fsp3) is 0.429. The van der Waals surface area contributed by atoms with Gasteiger partial charge in [0.1, 0.15) is 7.80 Å². The summed E-state index contributed by atoms with van der Waals surface area (Å²) in [6, 6.07) is 0. The standard InChI is InChI=1S/C7H12NO5P/c8-6(10)3-5(14(13)4-9)1-2-7(11)12/h1-2,5,9,14H,3-4H2,(H2,8,10)(H,11,12). The van der Waals surface area contributed by atoms with Gasteiger partial charge >= 0.3 is 5.97 Å². The first-order valence-corrected chi connectivity index (χ1v) is 5.49. The number of hydrogen-bond acceptors (Lipinski definition) is 4. The minimum absolute atomic E-state index is 0.220. The number of aliphatic carboxylic acids is 1. The topological polar surface area (TPSA) is 118 Å². The molecule has 0 aliphatic heterocycles. The molecule has 0 radical (unpaired) electrons. The summed E-state index contributed by atoms with van der Waals surface area (Å²) in [4.78, 5) is 20.7. The Bertz CT molecular complexity index is 275. The summed E-state index contributed by atoms with van der Waals surface area (Å²) >= 11 is 0. The van der Waals surface area contributed by atoms with Gasteiger partial charge < -0.3 is 20.5 Å². The molecule has 6 nitrogen and oxygen atoms in total. The van der Waals surface area contributed by atoms with Gasteiger partial charge in [0, 0.05) is 18.2 Å². The van der Waals surface area contributed by atoms with Gasteiger partial charge in [-0.3, -0.25) is 4.79 Å². The van der Waals surface area contributed by atoms with E-state index in [0.29, 0.717) is 0 Å². The van der Waals surface area contributed by atoms with E-state index in [1.54, 1.807) is 0 Å². The number of hydrogen-bond donors (Lipinski definition) is 3. The molecule has 0 spiro atoms. The largest absolute Gasteiger partial charge is 0.478 e. The molecule has 0 aliphatic carbocycles. The Balaban J connectivity index is 4.47. The number of amides is 1. The molecule has 0 fully saturated rings. The van der Waals surface area contributed by atoms with Crippen LogP contribution in [-0.4, -0.2) is 34.1 Å². The Hall–Kier alpha value is -1.13. The maximum Gasteiger partial charge on any atom is 0.328 e. The Morgan fingerprint density at radius 1 is 1.50 bits per heavy atom. The van der Waals surface area contributed by atoms with Crippen LogP contribution in [0.5, 0.6) is 0 Å². The summed E-state index contributed by atoms with van der Waals surface area (Å²) in [7, 11) is -2.40. The highest BCUT2D eigenvalue weighted by Gasteiger charge is 2.15. The normalized spacial score (nSPS) is 15.2. The molecule has 14 heavy (non-hydrogen) atoms. The van der Waals surface area contributed by atoms with E-state index in [-0.39, 0.29) is 6.42 Å². The van der Waals surface area contributed by atoms with Gasteiger partial charge in [-0.15, -0.1) is 0 Å². The average molecular weight is 221 g/mol. The molecule has 0 aromatic rings. The minimum atomic E-state index is -2.40. The highest BCUT2D eigenvalue weighted by Crippen LogP contribution is 2.29. The molecule has 7 heteroatoms. The molecule has 1 amide bonds. The van der Waals surface area contributed by atoms with Gasteiger partial charge in [-0.1, -0.05) is 6.08 Å². The first kappa shape index (κ1) is 12.9. The summed E-state index contributed by atoms with van der Waals surface area (Å²) in [6.45, 7) is 0. The molecule has 0 heterocycles. The van der Waals surface area contributed by atoms with Crippen molar-refractivity contribution in [3.8, 4) is 0 Å². The van der Waals surface area contributed by atoms with Crippen molar-refractivity contribution in [2.24, 2.45) is 5.73 Å². The van der Waals surface area contributed by atoms with E-state index in [9.17, 15) is 14.2 Å². The van der Waals surface area contributed by atoms with Crippen molar-refractivity contribution in [1.82, 2.24) is 0 Å². The Morgan fingerprint density at radius 3 is 2.43 bits per heavy atom. The third-order valence-corrected chi connectivity index (χ3v) is 3.00. The molecule has 0 saturated carbocycles. The molecule has 2 unspecified atom stereocenters.